The Balaban J connectivity index is 4.15. The summed E-state index contributed by atoms with van der Waals surface area (Å²) in [5.41, 5.74) is 0. The second kappa shape index (κ2) is 58.2. The summed E-state index contributed by atoms with van der Waals surface area (Å²) >= 11 is 0. The molecule has 0 aromatic heterocycles. The van der Waals surface area contributed by atoms with E-state index in [1.807, 2.05) is 0 Å². The molecule has 0 aliphatic carbocycles. The van der Waals surface area contributed by atoms with Gasteiger partial charge in [-0.1, -0.05) is 269 Å². The van der Waals surface area contributed by atoms with Gasteiger partial charge in [0.15, 0.2) is 6.10 Å². The summed E-state index contributed by atoms with van der Waals surface area (Å²) in [6.45, 7) is 6.64. The molecule has 0 aliphatic heterocycles. The molecule has 1 unspecified atom stereocenters. The van der Waals surface area contributed by atoms with Gasteiger partial charge in [-0.25, -0.2) is 0 Å². The van der Waals surface area contributed by atoms with Gasteiger partial charge in [-0.3, -0.25) is 14.4 Å². The molecule has 0 aliphatic rings. The van der Waals surface area contributed by atoms with Crippen LogP contribution in [-0.2, 0) is 28.6 Å². The third-order valence-corrected chi connectivity index (χ3v) is 13.6. The largest absolute Gasteiger partial charge is 0.462 e. The van der Waals surface area contributed by atoms with Gasteiger partial charge < -0.3 is 14.2 Å². The van der Waals surface area contributed by atoms with Crippen molar-refractivity contribution in [3.8, 4) is 0 Å². The number of carbonyl (C=O) groups is 3. The fourth-order valence-corrected chi connectivity index (χ4v) is 9.00. The molecule has 404 valence electrons. The molecule has 0 spiro atoms. The summed E-state index contributed by atoms with van der Waals surface area (Å²) in [4.78, 5) is 38.1. The smallest absolute Gasteiger partial charge is 0.306 e. The van der Waals surface area contributed by atoms with Gasteiger partial charge in [0, 0.05) is 19.3 Å². The Bertz CT molecular complexity index is 1160. The summed E-state index contributed by atoms with van der Waals surface area (Å²) < 4.78 is 16.9. The first kappa shape index (κ1) is 66.6. The third kappa shape index (κ3) is 56.4. The highest BCUT2D eigenvalue weighted by Gasteiger charge is 2.19. The molecule has 0 rings (SSSR count). The average Bonchev–Trinajstić information content (AvgIpc) is 3.35. The predicted molar refractivity (Wildman–Crippen MR) is 298 cm³/mol. The maximum absolute atomic E-state index is 12.8. The Kier molecular flexibility index (Phi) is 56.2. The van der Waals surface area contributed by atoms with Crippen molar-refractivity contribution >= 4 is 17.9 Å². The number of rotatable bonds is 56. The van der Waals surface area contributed by atoms with Crippen LogP contribution in [0.3, 0.4) is 0 Å². The summed E-state index contributed by atoms with van der Waals surface area (Å²) in [6.07, 6.45) is 70.1. The van der Waals surface area contributed by atoms with E-state index >= 15 is 0 Å². The SMILES string of the molecule is CCCCCC/C=C\CCCCCCCC(=O)OC(COC(=O)CCCCCCCCCCCCC)COC(=O)CCCCCCCCCCCCCCCCC/C=C\C/C=C\CCCCCCC. The monoisotopic (exact) mass is 969 g/mol. The maximum Gasteiger partial charge on any atom is 0.306 e. The second-order valence-corrected chi connectivity index (χ2v) is 20.6. The molecule has 1 atom stereocenters. The Morgan fingerprint density at radius 1 is 0.290 bits per heavy atom. The van der Waals surface area contributed by atoms with Crippen LogP contribution in [-0.4, -0.2) is 37.2 Å². The number of carbonyl (C=O) groups excluding carboxylic acids is 3. The Hall–Kier alpha value is -2.37. The second-order valence-electron chi connectivity index (χ2n) is 20.6. The zero-order valence-electron chi connectivity index (χ0n) is 46.3. The fourth-order valence-electron chi connectivity index (χ4n) is 9.00. The minimum Gasteiger partial charge on any atom is -0.462 e. The van der Waals surface area contributed by atoms with Crippen LogP contribution < -0.4 is 0 Å². The molecule has 0 aromatic carbocycles. The highest BCUT2D eigenvalue weighted by atomic mass is 16.6. The fraction of sp³-hybridized carbons (Fsp3) is 0.857. The summed E-state index contributed by atoms with van der Waals surface area (Å²) in [5.74, 6) is -0.863. The van der Waals surface area contributed by atoms with Gasteiger partial charge in [0.1, 0.15) is 13.2 Å². The Labute approximate surface area is 429 Å². The van der Waals surface area contributed by atoms with Gasteiger partial charge >= 0.3 is 17.9 Å². The van der Waals surface area contributed by atoms with Crippen molar-refractivity contribution in [3.63, 3.8) is 0 Å². The van der Waals surface area contributed by atoms with E-state index < -0.39 is 6.10 Å². The quantitative estimate of drug-likeness (QED) is 0.0261. The summed E-state index contributed by atoms with van der Waals surface area (Å²) in [6, 6.07) is 0. The zero-order chi connectivity index (χ0) is 50.0. The molecule has 0 fully saturated rings. The van der Waals surface area contributed by atoms with E-state index in [0.29, 0.717) is 19.3 Å². The molecule has 0 amide bonds. The molecule has 6 heteroatoms. The van der Waals surface area contributed by atoms with Crippen molar-refractivity contribution in [3.05, 3.63) is 36.5 Å². The first-order chi connectivity index (χ1) is 34.0. The highest BCUT2D eigenvalue weighted by molar-refractivity contribution is 5.71. The Morgan fingerprint density at radius 3 is 0.826 bits per heavy atom. The van der Waals surface area contributed by atoms with E-state index in [0.717, 1.165) is 70.6 Å². The predicted octanol–water partition coefficient (Wildman–Crippen LogP) is 20.4. The minimum absolute atomic E-state index is 0.0711. The lowest BCUT2D eigenvalue weighted by atomic mass is 10.0. The van der Waals surface area contributed by atoms with E-state index in [9.17, 15) is 14.4 Å². The first-order valence-corrected chi connectivity index (χ1v) is 30.5. The molecule has 0 bridgehead atoms. The lowest BCUT2D eigenvalue weighted by molar-refractivity contribution is -0.167. The highest BCUT2D eigenvalue weighted by Crippen LogP contribution is 2.17. The average molecular weight is 970 g/mol. The van der Waals surface area contributed by atoms with E-state index in [-0.39, 0.29) is 31.1 Å². The summed E-state index contributed by atoms with van der Waals surface area (Å²) in [7, 11) is 0. The van der Waals surface area contributed by atoms with Crippen LogP contribution in [0.1, 0.15) is 329 Å². The van der Waals surface area contributed by atoms with E-state index in [1.54, 1.807) is 0 Å². The molecule has 0 radical (unpaired) electrons. The van der Waals surface area contributed by atoms with Crippen LogP contribution in [0.2, 0.25) is 0 Å². The van der Waals surface area contributed by atoms with Crippen LogP contribution in [0.4, 0.5) is 0 Å². The van der Waals surface area contributed by atoms with Crippen molar-refractivity contribution in [2.45, 2.75) is 335 Å². The van der Waals surface area contributed by atoms with Gasteiger partial charge in [0.2, 0.25) is 0 Å². The molecule has 69 heavy (non-hydrogen) atoms. The minimum atomic E-state index is -0.772. The van der Waals surface area contributed by atoms with Crippen molar-refractivity contribution < 1.29 is 28.6 Å². The molecule has 0 N–H and O–H groups in total. The number of esters is 3. The first-order valence-electron chi connectivity index (χ1n) is 30.5. The van der Waals surface area contributed by atoms with Crippen LogP contribution in [0.25, 0.3) is 0 Å². The Morgan fingerprint density at radius 2 is 0.522 bits per heavy atom. The number of ether oxygens (including phenoxy) is 3. The van der Waals surface area contributed by atoms with Gasteiger partial charge in [-0.05, 0) is 77.0 Å². The van der Waals surface area contributed by atoms with Gasteiger partial charge in [-0.15, -0.1) is 0 Å². The summed E-state index contributed by atoms with van der Waals surface area (Å²) in [5, 5.41) is 0. The van der Waals surface area contributed by atoms with Crippen molar-refractivity contribution in [1.29, 1.82) is 0 Å². The van der Waals surface area contributed by atoms with Crippen LogP contribution in [0, 0.1) is 0 Å². The third-order valence-electron chi connectivity index (χ3n) is 13.6. The van der Waals surface area contributed by atoms with Gasteiger partial charge in [0.25, 0.3) is 0 Å². The van der Waals surface area contributed by atoms with Gasteiger partial charge in [0.05, 0.1) is 0 Å². The molecule has 6 nitrogen and oxygen atoms in total. The normalized spacial score (nSPS) is 12.2. The number of unbranched alkanes of at least 4 members (excludes halogenated alkanes) is 39. The lowest BCUT2D eigenvalue weighted by Gasteiger charge is -2.18. The van der Waals surface area contributed by atoms with Gasteiger partial charge in [-0.2, -0.15) is 0 Å². The van der Waals surface area contributed by atoms with Crippen molar-refractivity contribution in [1.82, 2.24) is 0 Å². The zero-order valence-corrected chi connectivity index (χ0v) is 46.3. The molecular formula is C63H116O6. The molecule has 0 saturated carbocycles. The van der Waals surface area contributed by atoms with E-state index in [4.69, 9.17) is 14.2 Å². The molecular weight excluding hydrogens is 853 g/mol. The molecule has 0 saturated heterocycles. The standard InChI is InChI=1S/C63H116O6/c1-4-7-10-13-16-19-22-24-25-26-27-28-29-30-31-32-33-34-35-36-37-39-41-44-47-50-53-56-62(65)68-59-60(58-67-61(64)55-52-49-46-43-40-21-18-15-12-9-6-3)69-63(66)57-54-51-48-45-42-38-23-20-17-14-11-8-5-2/h20,22-24,26-27,60H,4-19,21,25,28-59H2,1-3H3/b23-20-,24-22-,27-26-. The maximum atomic E-state index is 12.8. The lowest BCUT2D eigenvalue weighted by Crippen LogP contribution is -2.30. The van der Waals surface area contributed by atoms with Crippen molar-refractivity contribution in [2.75, 3.05) is 13.2 Å². The topological polar surface area (TPSA) is 78.9 Å². The number of hydrogen-bond acceptors (Lipinski definition) is 6. The van der Waals surface area contributed by atoms with Crippen molar-refractivity contribution in [2.24, 2.45) is 0 Å². The molecule has 0 heterocycles. The van der Waals surface area contributed by atoms with E-state index in [1.165, 1.54) is 218 Å². The number of allylic oxidation sites excluding steroid dienone is 6. The van der Waals surface area contributed by atoms with Crippen LogP contribution >= 0.6 is 0 Å². The number of hydrogen-bond donors (Lipinski definition) is 0. The van der Waals surface area contributed by atoms with Crippen LogP contribution in [0.5, 0.6) is 0 Å². The van der Waals surface area contributed by atoms with E-state index in [2.05, 4.69) is 57.2 Å². The molecule has 0 aromatic rings. The van der Waals surface area contributed by atoms with Crippen LogP contribution in [0.15, 0.2) is 36.5 Å².